The normalized spacial score (nSPS) is 16.1. The number of carbonyl (C=O) groups excluding carboxylic acids is 1. The summed E-state index contributed by atoms with van der Waals surface area (Å²) in [6, 6.07) is 2.02. The highest BCUT2D eigenvalue weighted by Gasteiger charge is 2.25. The number of hydrogen-bond donors (Lipinski definition) is 1. The summed E-state index contributed by atoms with van der Waals surface area (Å²) >= 11 is 0. The predicted octanol–water partition coefficient (Wildman–Crippen LogP) is 2.36. The van der Waals surface area contributed by atoms with E-state index < -0.39 is 0 Å². The summed E-state index contributed by atoms with van der Waals surface area (Å²) in [5, 5.41) is 0. The fraction of sp³-hybridized carbons (Fsp3) is 0.667. The van der Waals surface area contributed by atoms with Crippen LogP contribution in [0.2, 0.25) is 0 Å². The third-order valence-corrected chi connectivity index (χ3v) is 4.36. The van der Waals surface area contributed by atoms with Crippen LogP contribution in [0.4, 0.5) is 0 Å². The maximum Gasteiger partial charge on any atom is 0.255 e. The monoisotopic (exact) mass is 299 g/mol. The van der Waals surface area contributed by atoms with Crippen molar-refractivity contribution < 1.29 is 4.79 Å². The Hall–Kier alpha value is -1.00. The first-order valence-corrected chi connectivity index (χ1v) is 7.24. The molecule has 2 heterocycles. The predicted molar refractivity (Wildman–Crippen MR) is 84.5 cm³/mol. The van der Waals surface area contributed by atoms with Crippen LogP contribution in [0.25, 0.3) is 0 Å². The lowest BCUT2D eigenvalue weighted by atomic mass is 9.96. The van der Waals surface area contributed by atoms with E-state index in [2.05, 4.69) is 18.4 Å². The molecule has 1 aliphatic heterocycles. The second-order valence-electron chi connectivity index (χ2n) is 5.50. The number of nitrogens with zero attached hydrogens (tertiary/aromatic N) is 2. The first-order chi connectivity index (χ1) is 9.08. The second-order valence-corrected chi connectivity index (χ2v) is 5.50. The van der Waals surface area contributed by atoms with Gasteiger partial charge in [-0.3, -0.25) is 4.79 Å². The fourth-order valence-electron chi connectivity index (χ4n) is 3.05. The molecule has 0 aromatic carbocycles. The van der Waals surface area contributed by atoms with E-state index in [1.807, 2.05) is 17.9 Å². The molecular weight excluding hydrogens is 274 g/mol. The van der Waals surface area contributed by atoms with E-state index in [0.29, 0.717) is 5.92 Å². The quantitative estimate of drug-likeness (QED) is 0.931. The molecule has 5 heteroatoms. The average Bonchev–Trinajstić information content (AvgIpc) is 2.72. The van der Waals surface area contributed by atoms with Gasteiger partial charge in [0.25, 0.3) is 5.91 Å². The summed E-state index contributed by atoms with van der Waals surface area (Å²) in [6.45, 7) is 9.56. The molecule has 1 aromatic heterocycles. The van der Waals surface area contributed by atoms with Gasteiger partial charge < -0.3 is 15.2 Å². The van der Waals surface area contributed by atoms with E-state index >= 15 is 0 Å². The molecule has 2 rings (SSSR count). The van der Waals surface area contributed by atoms with Crippen LogP contribution in [0, 0.1) is 19.8 Å². The molecule has 4 nitrogen and oxygen atoms in total. The molecule has 0 atom stereocenters. The molecule has 20 heavy (non-hydrogen) atoms. The van der Waals surface area contributed by atoms with Gasteiger partial charge in [0.1, 0.15) is 0 Å². The Labute approximate surface area is 127 Å². The molecule has 0 unspecified atom stereocenters. The van der Waals surface area contributed by atoms with Crippen molar-refractivity contribution in [3.05, 3.63) is 23.0 Å². The highest BCUT2D eigenvalue weighted by Crippen LogP contribution is 2.21. The van der Waals surface area contributed by atoms with Crippen molar-refractivity contribution in [3.8, 4) is 0 Å². The lowest BCUT2D eigenvalue weighted by Gasteiger charge is -2.31. The molecule has 114 valence electrons. The molecule has 1 saturated heterocycles. The van der Waals surface area contributed by atoms with Gasteiger partial charge in [0.15, 0.2) is 0 Å². The molecule has 0 saturated carbocycles. The Morgan fingerprint density at radius 2 is 1.95 bits per heavy atom. The fourth-order valence-corrected chi connectivity index (χ4v) is 3.05. The van der Waals surface area contributed by atoms with Crippen LogP contribution in [0.15, 0.2) is 6.07 Å². The molecule has 1 fully saturated rings. The minimum absolute atomic E-state index is 0. The largest absolute Gasteiger partial charge is 0.349 e. The van der Waals surface area contributed by atoms with Gasteiger partial charge in [0.2, 0.25) is 0 Å². The highest BCUT2D eigenvalue weighted by molar-refractivity contribution is 5.95. The first-order valence-electron chi connectivity index (χ1n) is 7.24. The molecule has 0 bridgehead atoms. The Balaban J connectivity index is 0.00000200. The van der Waals surface area contributed by atoms with E-state index in [1.54, 1.807) is 0 Å². The van der Waals surface area contributed by atoms with Gasteiger partial charge in [0.05, 0.1) is 5.56 Å². The van der Waals surface area contributed by atoms with Gasteiger partial charge in [-0.05, 0) is 52.1 Å². The number of amides is 1. The number of hydrogen-bond acceptors (Lipinski definition) is 2. The summed E-state index contributed by atoms with van der Waals surface area (Å²) in [5.74, 6) is 0.774. The number of likely N-dealkylation sites (tertiary alicyclic amines) is 1. The van der Waals surface area contributed by atoms with Crippen molar-refractivity contribution in [2.75, 3.05) is 19.6 Å². The molecule has 1 aromatic rings. The van der Waals surface area contributed by atoms with Gasteiger partial charge >= 0.3 is 0 Å². The molecule has 0 radical (unpaired) electrons. The smallest absolute Gasteiger partial charge is 0.255 e. The van der Waals surface area contributed by atoms with Crippen LogP contribution in [-0.2, 0) is 6.54 Å². The number of halogens is 1. The second kappa shape index (κ2) is 7.14. The first kappa shape index (κ1) is 17.1. The number of nitrogens with two attached hydrogens (primary N) is 1. The Morgan fingerprint density at radius 1 is 1.35 bits per heavy atom. The van der Waals surface area contributed by atoms with Crippen molar-refractivity contribution in [1.82, 2.24) is 9.47 Å². The van der Waals surface area contributed by atoms with Crippen LogP contribution in [0.1, 0.15) is 41.5 Å². The van der Waals surface area contributed by atoms with Crippen molar-refractivity contribution in [1.29, 1.82) is 0 Å². The number of carbonyl (C=O) groups is 1. The summed E-state index contributed by atoms with van der Waals surface area (Å²) < 4.78 is 2.19. The van der Waals surface area contributed by atoms with Crippen molar-refractivity contribution in [2.24, 2.45) is 11.7 Å². The van der Waals surface area contributed by atoms with E-state index in [0.717, 1.165) is 50.3 Å². The van der Waals surface area contributed by atoms with Crippen LogP contribution in [-0.4, -0.2) is 35.0 Å². The van der Waals surface area contributed by atoms with Crippen molar-refractivity contribution in [3.63, 3.8) is 0 Å². The Bertz CT molecular complexity index is 462. The Morgan fingerprint density at radius 3 is 2.40 bits per heavy atom. The molecule has 0 aliphatic carbocycles. The SMILES string of the molecule is CCn1c(C)cc(C(=O)N2CCC(CN)CC2)c1C.Cl. The average molecular weight is 300 g/mol. The molecule has 0 spiro atoms. The zero-order chi connectivity index (χ0) is 14.0. The summed E-state index contributed by atoms with van der Waals surface area (Å²) in [7, 11) is 0. The highest BCUT2D eigenvalue weighted by atomic mass is 35.5. The number of aromatic nitrogens is 1. The van der Waals surface area contributed by atoms with Crippen LogP contribution in [0.5, 0.6) is 0 Å². The van der Waals surface area contributed by atoms with Gasteiger partial charge in [-0.15, -0.1) is 12.4 Å². The maximum atomic E-state index is 12.6. The zero-order valence-corrected chi connectivity index (χ0v) is 13.5. The maximum absolute atomic E-state index is 12.6. The summed E-state index contributed by atoms with van der Waals surface area (Å²) in [4.78, 5) is 14.6. The standard InChI is InChI=1S/C15H25N3O.ClH/c1-4-18-11(2)9-14(12(18)3)15(19)17-7-5-13(10-16)6-8-17;/h9,13H,4-8,10,16H2,1-3H3;1H. The van der Waals surface area contributed by atoms with E-state index in [-0.39, 0.29) is 18.3 Å². The molecule has 2 N–H and O–H groups in total. The third kappa shape index (κ3) is 3.18. The van der Waals surface area contributed by atoms with Crippen molar-refractivity contribution in [2.45, 2.75) is 40.2 Å². The van der Waals surface area contributed by atoms with Gasteiger partial charge in [-0.25, -0.2) is 0 Å². The minimum Gasteiger partial charge on any atom is -0.349 e. The molecular formula is C15H26ClN3O. The number of rotatable bonds is 3. The van der Waals surface area contributed by atoms with E-state index in [1.165, 1.54) is 5.69 Å². The summed E-state index contributed by atoms with van der Waals surface area (Å²) in [6.07, 6.45) is 2.07. The van der Waals surface area contributed by atoms with Crippen LogP contribution in [0.3, 0.4) is 0 Å². The van der Waals surface area contributed by atoms with Crippen LogP contribution >= 0.6 is 12.4 Å². The van der Waals surface area contributed by atoms with Gasteiger partial charge in [-0.2, -0.15) is 0 Å². The van der Waals surface area contributed by atoms with Crippen LogP contribution < -0.4 is 5.73 Å². The van der Waals surface area contributed by atoms with Gasteiger partial charge in [-0.1, -0.05) is 0 Å². The molecule has 1 amide bonds. The van der Waals surface area contributed by atoms with Crippen molar-refractivity contribution >= 4 is 18.3 Å². The van der Waals surface area contributed by atoms with Gasteiger partial charge in [0, 0.05) is 31.0 Å². The third-order valence-electron chi connectivity index (χ3n) is 4.36. The number of piperidine rings is 1. The topological polar surface area (TPSA) is 51.3 Å². The lowest BCUT2D eigenvalue weighted by molar-refractivity contribution is 0.0692. The molecule has 1 aliphatic rings. The zero-order valence-electron chi connectivity index (χ0n) is 12.7. The van der Waals surface area contributed by atoms with E-state index in [9.17, 15) is 4.79 Å². The Kier molecular flexibility index (Phi) is 6.08. The lowest BCUT2D eigenvalue weighted by Crippen LogP contribution is -2.40. The number of aryl methyl sites for hydroxylation is 1. The van der Waals surface area contributed by atoms with E-state index in [4.69, 9.17) is 5.73 Å². The summed E-state index contributed by atoms with van der Waals surface area (Å²) in [5.41, 5.74) is 8.82. The minimum atomic E-state index is 0.